The molecule has 0 aromatic heterocycles. The number of hydrogen-bond donors (Lipinski definition) is 0. The van der Waals surface area contributed by atoms with Crippen molar-refractivity contribution in [1.82, 2.24) is 0 Å². The second-order valence-electron chi connectivity index (χ2n) is 12.5. The minimum atomic E-state index is -0.934. The summed E-state index contributed by atoms with van der Waals surface area (Å²) in [4.78, 5) is 48.9. The Morgan fingerprint density at radius 2 is 1.24 bits per heavy atom. The summed E-state index contributed by atoms with van der Waals surface area (Å²) in [6.07, 6.45) is 2.17. The van der Waals surface area contributed by atoms with Crippen LogP contribution >= 0.6 is 0 Å². The molecule has 3 unspecified atom stereocenters. The van der Waals surface area contributed by atoms with Gasteiger partial charge in [-0.25, -0.2) is 19.2 Å². The van der Waals surface area contributed by atoms with E-state index in [2.05, 4.69) is 27.4 Å². The van der Waals surface area contributed by atoms with Crippen LogP contribution in [-0.4, -0.2) is 56.6 Å². The first-order valence-corrected chi connectivity index (χ1v) is 16.5. The zero-order valence-electron chi connectivity index (χ0n) is 28.5. The van der Waals surface area contributed by atoms with Crippen LogP contribution in [0.2, 0.25) is 0 Å². The molecule has 10 heteroatoms. The second-order valence-corrected chi connectivity index (χ2v) is 12.5. The van der Waals surface area contributed by atoms with Crippen molar-refractivity contribution < 1.29 is 47.6 Å². The molecule has 49 heavy (non-hydrogen) atoms. The van der Waals surface area contributed by atoms with Crippen LogP contribution in [0.3, 0.4) is 0 Å². The molecule has 3 atom stereocenters. The van der Waals surface area contributed by atoms with E-state index >= 15 is 0 Å². The van der Waals surface area contributed by atoms with Crippen LogP contribution in [0, 0.1) is 17.8 Å². The molecule has 1 aliphatic rings. The van der Waals surface area contributed by atoms with E-state index in [-0.39, 0.29) is 49.8 Å². The van der Waals surface area contributed by atoms with Gasteiger partial charge in [0.1, 0.15) is 30.8 Å². The van der Waals surface area contributed by atoms with E-state index in [1.165, 1.54) is 30.7 Å². The number of carbonyl (C=O) groups excluding carboxylic acids is 4. The van der Waals surface area contributed by atoms with E-state index < -0.39 is 18.1 Å². The van der Waals surface area contributed by atoms with Crippen molar-refractivity contribution in [3.8, 4) is 22.6 Å². The van der Waals surface area contributed by atoms with E-state index in [9.17, 15) is 19.2 Å². The van der Waals surface area contributed by atoms with Crippen molar-refractivity contribution in [2.24, 2.45) is 17.8 Å². The van der Waals surface area contributed by atoms with Crippen molar-refractivity contribution >= 4 is 24.1 Å². The van der Waals surface area contributed by atoms with Crippen LogP contribution in [0.5, 0.6) is 11.5 Å². The number of hydrogen-bond acceptors (Lipinski definition) is 10. The van der Waals surface area contributed by atoms with E-state index in [0.717, 1.165) is 24.0 Å². The summed E-state index contributed by atoms with van der Waals surface area (Å²) in [6, 6.07) is 20.2. The van der Waals surface area contributed by atoms with Gasteiger partial charge in [-0.05, 0) is 97.2 Å². The highest BCUT2D eigenvalue weighted by Gasteiger charge is 2.33. The van der Waals surface area contributed by atoms with Crippen LogP contribution in [0.1, 0.15) is 67.7 Å². The van der Waals surface area contributed by atoms with E-state index in [1.54, 1.807) is 31.2 Å². The fourth-order valence-electron chi connectivity index (χ4n) is 5.52. The Labute approximate surface area is 287 Å². The highest BCUT2D eigenvalue weighted by molar-refractivity contribution is 5.91. The second kappa shape index (κ2) is 18.0. The molecule has 3 aromatic rings. The molecule has 1 saturated carbocycles. The zero-order chi connectivity index (χ0) is 35.3. The van der Waals surface area contributed by atoms with Crippen LogP contribution < -0.4 is 9.47 Å². The summed E-state index contributed by atoms with van der Waals surface area (Å²) in [5, 5.41) is 0. The first kappa shape index (κ1) is 36.9. The molecule has 10 nitrogen and oxygen atoms in total. The normalized spacial score (nSPS) is 17.1. The Morgan fingerprint density at radius 3 is 1.86 bits per heavy atom. The standard InChI is InChI=1S/C39H44O10/c1-25(2)34-19-6-27(5)24-35(34)49-38(42)30-9-7-28(8-10-30)29-11-15-32(16-12-29)47-37(41)31-13-17-33(18-14-31)48-39(43)46-23-21-44-20-22-45-36(40)26(3)4/h7-18,25,27,34-35H,3,6,19-24H2,1-2,4-5H3. The third kappa shape index (κ3) is 11.3. The first-order valence-electron chi connectivity index (χ1n) is 16.5. The average Bonchev–Trinajstić information content (AvgIpc) is 3.08. The Hall–Kier alpha value is -4.96. The average molecular weight is 673 g/mol. The third-order valence-corrected chi connectivity index (χ3v) is 8.29. The molecular formula is C39H44O10. The fraction of sp³-hybridized carbons (Fsp3) is 0.385. The molecule has 0 amide bonds. The van der Waals surface area contributed by atoms with Gasteiger partial charge >= 0.3 is 24.1 Å². The largest absolute Gasteiger partial charge is 0.513 e. The first-order chi connectivity index (χ1) is 23.5. The maximum Gasteiger partial charge on any atom is 0.513 e. The number of ether oxygens (including phenoxy) is 6. The van der Waals surface area contributed by atoms with Crippen LogP contribution in [-0.2, 0) is 23.7 Å². The SMILES string of the molecule is C=C(C)C(=O)OCCOCCOC(=O)Oc1ccc(C(=O)Oc2ccc(-c3ccc(C(=O)OC4CC(C)CCC4C(C)C)cc3)cc2)cc1. The lowest BCUT2D eigenvalue weighted by Gasteiger charge is -2.36. The summed E-state index contributed by atoms with van der Waals surface area (Å²) in [5.41, 5.74) is 2.88. The van der Waals surface area contributed by atoms with Crippen LogP contribution in [0.4, 0.5) is 4.79 Å². The molecule has 0 heterocycles. The minimum Gasteiger partial charge on any atom is -0.460 e. The lowest BCUT2D eigenvalue weighted by atomic mass is 9.75. The summed E-state index contributed by atoms with van der Waals surface area (Å²) >= 11 is 0. The highest BCUT2D eigenvalue weighted by atomic mass is 16.7. The highest BCUT2D eigenvalue weighted by Crippen LogP contribution is 2.36. The van der Waals surface area contributed by atoms with Gasteiger partial charge in [0.05, 0.1) is 24.3 Å². The summed E-state index contributed by atoms with van der Waals surface area (Å²) in [5.74, 6) is 0.562. The number of rotatable bonds is 14. The fourth-order valence-corrected chi connectivity index (χ4v) is 5.52. The summed E-state index contributed by atoms with van der Waals surface area (Å²) in [7, 11) is 0. The monoisotopic (exact) mass is 672 g/mol. The van der Waals surface area contributed by atoms with E-state index in [4.69, 9.17) is 28.4 Å². The third-order valence-electron chi connectivity index (χ3n) is 8.29. The lowest BCUT2D eigenvalue weighted by molar-refractivity contribution is -0.140. The number of carbonyl (C=O) groups is 4. The van der Waals surface area contributed by atoms with Gasteiger partial charge in [-0.2, -0.15) is 0 Å². The maximum atomic E-state index is 13.0. The molecule has 0 radical (unpaired) electrons. The van der Waals surface area contributed by atoms with Gasteiger partial charge < -0.3 is 28.4 Å². The van der Waals surface area contributed by atoms with Gasteiger partial charge in [0, 0.05) is 5.57 Å². The zero-order valence-corrected chi connectivity index (χ0v) is 28.5. The van der Waals surface area contributed by atoms with E-state index in [1.807, 2.05) is 24.3 Å². The smallest absolute Gasteiger partial charge is 0.460 e. The summed E-state index contributed by atoms with van der Waals surface area (Å²) < 4.78 is 31.7. The van der Waals surface area contributed by atoms with Crippen molar-refractivity contribution in [1.29, 1.82) is 0 Å². The molecule has 0 N–H and O–H groups in total. The molecule has 260 valence electrons. The number of esters is 3. The van der Waals surface area contributed by atoms with Gasteiger partial charge in [0.25, 0.3) is 0 Å². The van der Waals surface area contributed by atoms with E-state index in [0.29, 0.717) is 34.6 Å². The van der Waals surface area contributed by atoms with Gasteiger partial charge in [-0.3, -0.25) is 0 Å². The van der Waals surface area contributed by atoms with Crippen molar-refractivity contribution in [2.45, 2.75) is 53.1 Å². The molecule has 0 spiro atoms. The Balaban J connectivity index is 1.20. The Kier molecular flexibility index (Phi) is 13.5. The molecule has 1 fully saturated rings. The molecule has 0 aliphatic heterocycles. The van der Waals surface area contributed by atoms with Gasteiger partial charge in [-0.15, -0.1) is 0 Å². The van der Waals surface area contributed by atoms with Crippen LogP contribution in [0.25, 0.3) is 11.1 Å². The maximum absolute atomic E-state index is 13.0. The predicted molar refractivity (Wildman–Crippen MR) is 182 cm³/mol. The topological polar surface area (TPSA) is 124 Å². The predicted octanol–water partition coefficient (Wildman–Crippen LogP) is 7.84. The molecular weight excluding hydrogens is 628 g/mol. The summed E-state index contributed by atoms with van der Waals surface area (Å²) in [6.45, 7) is 11.9. The molecule has 0 bridgehead atoms. The Morgan fingerprint density at radius 1 is 0.714 bits per heavy atom. The van der Waals surface area contributed by atoms with Crippen molar-refractivity contribution in [2.75, 3.05) is 26.4 Å². The van der Waals surface area contributed by atoms with Gasteiger partial charge in [0.2, 0.25) is 0 Å². The molecule has 0 saturated heterocycles. The molecule has 3 aromatic carbocycles. The van der Waals surface area contributed by atoms with Gasteiger partial charge in [0.15, 0.2) is 0 Å². The minimum absolute atomic E-state index is 0.0575. The molecule has 1 aliphatic carbocycles. The van der Waals surface area contributed by atoms with Crippen molar-refractivity contribution in [3.05, 3.63) is 96.1 Å². The van der Waals surface area contributed by atoms with Crippen LogP contribution in [0.15, 0.2) is 84.9 Å². The Bertz CT molecular complexity index is 1580. The number of benzene rings is 3. The lowest BCUT2D eigenvalue weighted by Crippen LogP contribution is -2.35. The van der Waals surface area contributed by atoms with Crippen molar-refractivity contribution in [3.63, 3.8) is 0 Å². The van der Waals surface area contributed by atoms with Gasteiger partial charge in [-0.1, -0.05) is 58.0 Å². The molecule has 4 rings (SSSR count). The quantitative estimate of drug-likeness (QED) is 0.0418.